The van der Waals surface area contributed by atoms with Crippen LogP contribution in [-0.4, -0.2) is 49.3 Å². The van der Waals surface area contributed by atoms with E-state index in [0.29, 0.717) is 0 Å². The Balaban J connectivity index is 1.99. The van der Waals surface area contributed by atoms with Crippen molar-refractivity contribution in [2.24, 2.45) is 0 Å². The van der Waals surface area contributed by atoms with E-state index in [-0.39, 0.29) is 18.0 Å². The molecular formula is C13H20FN3O. The number of likely N-dealkylation sites (N-methyl/N-ethyl adjacent to an activating group) is 1. The van der Waals surface area contributed by atoms with Crippen LogP contribution in [0.25, 0.3) is 0 Å². The SMILES string of the molecule is CNCC1CN(C(C)c2ccc(F)cn2)CCO1. The van der Waals surface area contributed by atoms with Crippen molar-refractivity contribution in [1.82, 2.24) is 15.2 Å². The molecule has 0 aromatic carbocycles. The number of ether oxygens (including phenoxy) is 1. The van der Waals surface area contributed by atoms with Gasteiger partial charge in [-0.15, -0.1) is 0 Å². The third-order valence-corrected chi connectivity index (χ3v) is 3.33. The Hall–Kier alpha value is -1.04. The first-order chi connectivity index (χ1) is 8.70. The fourth-order valence-electron chi connectivity index (χ4n) is 2.27. The molecule has 5 heteroatoms. The summed E-state index contributed by atoms with van der Waals surface area (Å²) in [6.07, 6.45) is 1.49. The average molecular weight is 253 g/mol. The molecule has 1 aromatic rings. The Morgan fingerprint density at radius 3 is 3.11 bits per heavy atom. The second kappa shape index (κ2) is 6.22. The molecule has 1 N–H and O–H groups in total. The van der Waals surface area contributed by atoms with E-state index in [4.69, 9.17) is 4.74 Å². The van der Waals surface area contributed by atoms with Crippen LogP contribution in [-0.2, 0) is 4.74 Å². The van der Waals surface area contributed by atoms with E-state index in [2.05, 4.69) is 22.1 Å². The van der Waals surface area contributed by atoms with Crippen LogP contribution in [0.3, 0.4) is 0 Å². The van der Waals surface area contributed by atoms with E-state index in [0.717, 1.165) is 31.9 Å². The summed E-state index contributed by atoms with van der Waals surface area (Å²) >= 11 is 0. The van der Waals surface area contributed by atoms with Crippen LogP contribution in [0.4, 0.5) is 4.39 Å². The summed E-state index contributed by atoms with van der Waals surface area (Å²) < 4.78 is 18.5. The van der Waals surface area contributed by atoms with Gasteiger partial charge in [-0.05, 0) is 26.1 Å². The lowest BCUT2D eigenvalue weighted by molar-refractivity contribution is -0.0398. The van der Waals surface area contributed by atoms with Gasteiger partial charge in [0, 0.05) is 25.7 Å². The molecular weight excluding hydrogens is 233 g/mol. The predicted octanol–water partition coefficient (Wildman–Crippen LogP) is 1.20. The van der Waals surface area contributed by atoms with Gasteiger partial charge in [0.2, 0.25) is 0 Å². The number of nitrogens with zero attached hydrogens (tertiary/aromatic N) is 2. The quantitative estimate of drug-likeness (QED) is 0.875. The molecule has 18 heavy (non-hydrogen) atoms. The topological polar surface area (TPSA) is 37.4 Å². The standard InChI is InChI=1S/C13H20FN3O/c1-10(13-4-3-11(14)7-16-13)17-5-6-18-12(9-17)8-15-2/h3-4,7,10,12,15H,5-6,8-9H2,1-2H3. The number of pyridine rings is 1. The highest BCUT2D eigenvalue weighted by Gasteiger charge is 2.25. The van der Waals surface area contributed by atoms with Gasteiger partial charge in [-0.1, -0.05) is 0 Å². The summed E-state index contributed by atoms with van der Waals surface area (Å²) in [4.78, 5) is 6.48. The molecule has 1 aliphatic heterocycles. The first-order valence-corrected chi connectivity index (χ1v) is 6.32. The van der Waals surface area contributed by atoms with Crippen molar-refractivity contribution in [2.45, 2.75) is 19.1 Å². The van der Waals surface area contributed by atoms with Crippen molar-refractivity contribution in [3.8, 4) is 0 Å². The normalized spacial score (nSPS) is 22.9. The summed E-state index contributed by atoms with van der Waals surface area (Å²) in [6.45, 7) is 5.45. The third-order valence-electron chi connectivity index (χ3n) is 3.33. The highest BCUT2D eigenvalue weighted by molar-refractivity contribution is 5.09. The molecule has 100 valence electrons. The molecule has 2 atom stereocenters. The second-order valence-corrected chi connectivity index (χ2v) is 4.62. The van der Waals surface area contributed by atoms with Gasteiger partial charge in [0.25, 0.3) is 0 Å². The van der Waals surface area contributed by atoms with E-state index >= 15 is 0 Å². The molecule has 0 amide bonds. The lowest BCUT2D eigenvalue weighted by atomic mass is 10.1. The summed E-state index contributed by atoms with van der Waals surface area (Å²) in [6, 6.07) is 3.40. The second-order valence-electron chi connectivity index (χ2n) is 4.62. The van der Waals surface area contributed by atoms with E-state index < -0.39 is 0 Å². The van der Waals surface area contributed by atoms with Gasteiger partial charge in [0.05, 0.1) is 24.6 Å². The monoisotopic (exact) mass is 253 g/mol. The van der Waals surface area contributed by atoms with Gasteiger partial charge in [0.15, 0.2) is 0 Å². The number of nitrogens with one attached hydrogen (secondary N) is 1. The Kier molecular flexibility index (Phi) is 4.63. The molecule has 0 saturated carbocycles. The van der Waals surface area contributed by atoms with Crippen molar-refractivity contribution in [1.29, 1.82) is 0 Å². The van der Waals surface area contributed by atoms with Gasteiger partial charge in [-0.2, -0.15) is 0 Å². The summed E-state index contributed by atoms with van der Waals surface area (Å²) in [5.74, 6) is -0.291. The largest absolute Gasteiger partial charge is 0.374 e. The molecule has 1 aliphatic rings. The maximum atomic E-state index is 12.9. The molecule has 2 unspecified atom stereocenters. The van der Waals surface area contributed by atoms with Crippen LogP contribution in [0.2, 0.25) is 0 Å². The van der Waals surface area contributed by atoms with Gasteiger partial charge in [0.1, 0.15) is 5.82 Å². The maximum absolute atomic E-state index is 12.9. The van der Waals surface area contributed by atoms with Crippen molar-refractivity contribution >= 4 is 0 Å². The van der Waals surface area contributed by atoms with Crippen molar-refractivity contribution in [3.63, 3.8) is 0 Å². The van der Waals surface area contributed by atoms with Crippen molar-refractivity contribution in [3.05, 3.63) is 29.8 Å². The smallest absolute Gasteiger partial charge is 0.141 e. The molecule has 2 rings (SSSR count). The molecule has 1 fully saturated rings. The van der Waals surface area contributed by atoms with Crippen LogP contribution in [0.5, 0.6) is 0 Å². The maximum Gasteiger partial charge on any atom is 0.141 e. The zero-order chi connectivity index (χ0) is 13.0. The minimum absolute atomic E-state index is 0.189. The van der Waals surface area contributed by atoms with E-state index in [1.807, 2.05) is 7.05 Å². The number of halogens is 1. The zero-order valence-corrected chi connectivity index (χ0v) is 10.9. The molecule has 0 bridgehead atoms. The summed E-state index contributed by atoms with van der Waals surface area (Å²) in [5, 5.41) is 3.13. The minimum atomic E-state index is -0.291. The van der Waals surface area contributed by atoms with Crippen molar-refractivity contribution < 1.29 is 9.13 Å². The highest BCUT2D eigenvalue weighted by Crippen LogP contribution is 2.20. The average Bonchev–Trinajstić information content (AvgIpc) is 2.39. The van der Waals surface area contributed by atoms with Gasteiger partial charge in [-0.3, -0.25) is 9.88 Å². The molecule has 0 spiro atoms. The minimum Gasteiger partial charge on any atom is -0.374 e. The fourth-order valence-corrected chi connectivity index (χ4v) is 2.27. The Labute approximate surface area is 107 Å². The van der Waals surface area contributed by atoms with Crippen LogP contribution < -0.4 is 5.32 Å². The number of hydrogen-bond acceptors (Lipinski definition) is 4. The van der Waals surface area contributed by atoms with Crippen LogP contribution in [0.15, 0.2) is 18.3 Å². The first-order valence-electron chi connectivity index (χ1n) is 6.32. The molecule has 1 saturated heterocycles. The summed E-state index contributed by atoms with van der Waals surface area (Å²) in [5.41, 5.74) is 0.904. The van der Waals surface area contributed by atoms with E-state index in [1.165, 1.54) is 12.3 Å². The molecule has 4 nitrogen and oxygen atoms in total. The van der Waals surface area contributed by atoms with Crippen LogP contribution >= 0.6 is 0 Å². The fraction of sp³-hybridized carbons (Fsp3) is 0.615. The van der Waals surface area contributed by atoms with Gasteiger partial charge in [-0.25, -0.2) is 4.39 Å². The molecule has 2 heterocycles. The lowest BCUT2D eigenvalue weighted by Gasteiger charge is -2.36. The van der Waals surface area contributed by atoms with E-state index in [9.17, 15) is 4.39 Å². The number of morpholine rings is 1. The number of aromatic nitrogens is 1. The van der Waals surface area contributed by atoms with E-state index in [1.54, 1.807) is 6.07 Å². The Morgan fingerprint density at radius 2 is 2.44 bits per heavy atom. The number of rotatable bonds is 4. The molecule has 0 aliphatic carbocycles. The lowest BCUT2D eigenvalue weighted by Crippen LogP contribution is -2.47. The van der Waals surface area contributed by atoms with Crippen molar-refractivity contribution in [2.75, 3.05) is 33.3 Å². The Morgan fingerprint density at radius 1 is 1.61 bits per heavy atom. The molecule has 1 aromatic heterocycles. The first kappa shape index (κ1) is 13.4. The third kappa shape index (κ3) is 3.25. The molecule has 0 radical (unpaired) electrons. The highest BCUT2D eigenvalue weighted by atomic mass is 19.1. The zero-order valence-electron chi connectivity index (χ0n) is 10.9. The van der Waals surface area contributed by atoms with Crippen LogP contribution in [0, 0.1) is 5.82 Å². The van der Waals surface area contributed by atoms with Gasteiger partial charge >= 0.3 is 0 Å². The predicted molar refractivity (Wildman–Crippen MR) is 67.8 cm³/mol. The van der Waals surface area contributed by atoms with Crippen LogP contribution in [0.1, 0.15) is 18.7 Å². The Bertz CT molecular complexity index is 369. The number of hydrogen-bond donors (Lipinski definition) is 1. The van der Waals surface area contributed by atoms with Gasteiger partial charge < -0.3 is 10.1 Å². The summed E-state index contributed by atoms with van der Waals surface area (Å²) in [7, 11) is 1.92.